The van der Waals surface area contributed by atoms with Gasteiger partial charge in [-0.15, -0.1) is 0 Å². The molecule has 0 heterocycles. The molecule has 0 saturated heterocycles. The van der Waals surface area contributed by atoms with Crippen LogP contribution >= 0.6 is 0 Å². The number of rotatable bonds is 28. The van der Waals surface area contributed by atoms with Crippen LogP contribution in [0.2, 0.25) is 0 Å². The second kappa shape index (κ2) is 27.4. The summed E-state index contributed by atoms with van der Waals surface area (Å²) >= 11 is 0. The van der Waals surface area contributed by atoms with E-state index in [0.717, 1.165) is 38.5 Å². The highest BCUT2D eigenvalue weighted by Gasteiger charge is 2.39. The highest BCUT2D eigenvalue weighted by molar-refractivity contribution is 5.69. The molecule has 6 atom stereocenters. The fourth-order valence-corrected chi connectivity index (χ4v) is 5.90. The molecule has 4 N–H and O–H groups in total. The molecule has 0 aliphatic heterocycles. The number of aliphatic hydroxyl groups is 4. The lowest BCUT2D eigenvalue weighted by molar-refractivity contribution is -0.152. The number of aliphatic hydroxyl groups excluding tert-OH is 4. The fraction of sp³-hybridized carbons (Fsp3) is 0.838. The van der Waals surface area contributed by atoms with E-state index in [4.69, 9.17) is 9.47 Å². The molecule has 0 bridgehead atoms. The minimum Gasteiger partial charge on any atom is -0.463 e. The SMILES string of the molecule is CCCCCCCCCCCCCC(=O)OC[C@H](O)COC(=O)CCC/C=C/C[C@@H]1[C@@H](/C=C/[C@@H](O)CCCCC)[C@H](O)C[C@@H]1O. The standard InChI is InChI=1S/C37H66O8/c1-3-5-7-8-9-10-11-12-13-14-19-23-36(42)44-28-31(39)29-45-37(43)24-20-16-15-18-22-32-33(35(41)27-34(32)40)26-25-30(38)21-17-6-4-2/h15,18,25-26,30-35,38-41H,3-14,16-17,19-24,27-29H2,1-2H3/b18-15+,26-25+/t30-,31-,32+,33+,34-,35+/m0/s1. The van der Waals surface area contributed by atoms with Crippen LogP contribution in [0.3, 0.4) is 0 Å². The first-order chi connectivity index (χ1) is 21.8. The van der Waals surface area contributed by atoms with Crippen molar-refractivity contribution in [2.45, 2.75) is 173 Å². The quantitative estimate of drug-likeness (QED) is 0.0405. The third-order valence-electron chi connectivity index (χ3n) is 8.76. The van der Waals surface area contributed by atoms with Gasteiger partial charge in [-0.3, -0.25) is 9.59 Å². The van der Waals surface area contributed by atoms with E-state index in [9.17, 15) is 30.0 Å². The van der Waals surface area contributed by atoms with Crippen molar-refractivity contribution in [1.29, 1.82) is 0 Å². The maximum absolute atomic E-state index is 12.0. The molecule has 0 unspecified atom stereocenters. The monoisotopic (exact) mass is 638 g/mol. The van der Waals surface area contributed by atoms with Crippen molar-refractivity contribution in [3.63, 3.8) is 0 Å². The third kappa shape index (κ3) is 21.6. The Balaban J connectivity index is 2.10. The van der Waals surface area contributed by atoms with E-state index in [-0.39, 0.29) is 37.4 Å². The molecule has 0 aromatic rings. The molecule has 1 fully saturated rings. The lowest BCUT2D eigenvalue weighted by Crippen LogP contribution is -2.25. The smallest absolute Gasteiger partial charge is 0.305 e. The maximum Gasteiger partial charge on any atom is 0.305 e. The largest absolute Gasteiger partial charge is 0.463 e. The molecule has 1 aliphatic rings. The minimum absolute atomic E-state index is 0.115. The van der Waals surface area contributed by atoms with Gasteiger partial charge in [0.15, 0.2) is 0 Å². The van der Waals surface area contributed by atoms with Crippen molar-refractivity contribution >= 4 is 11.9 Å². The minimum atomic E-state index is -1.04. The number of unbranched alkanes of at least 4 members (excludes halogenated alkanes) is 13. The first-order valence-corrected chi connectivity index (χ1v) is 18.1. The van der Waals surface area contributed by atoms with Crippen LogP contribution in [0.25, 0.3) is 0 Å². The predicted molar refractivity (Wildman–Crippen MR) is 180 cm³/mol. The summed E-state index contributed by atoms with van der Waals surface area (Å²) in [5.41, 5.74) is 0. The first-order valence-electron chi connectivity index (χ1n) is 18.1. The van der Waals surface area contributed by atoms with Crippen molar-refractivity contribution < 1.29 is 39.5 Å². The van der Waals surface area contributed by atoms with Crippen LogP contribution < -0.4 is 0 Å². The molecule has 0 aromatic carbocycles. The predicted octanol–water partition coefficient (Wildman–Crippen LogP) is 7.11. The molecule has 0 spiro atoms. The normalized spacial score (nSPS) is 21.5. The van der Waals surface area contributed by atoms with Crippen LogP contribution in [0.4, 0.5) is 0 Å². The van der Waals surface area contributed by atoms with Crippen molar-refractivity contribution in [2.24, 2.45) is 11.8 Å². The highest BCUT2D eigenvalue weighted by atomic mass is 16.6. The van der Waals surface area contributed by atoms with E-state index < -0.39 is 30.4 Å². The molecule has 262 valence electrons. The molecule has 0 amide bonds. The van der Waals surface area contributed by atoms with E-state index in [1.807, 2.05) is 18.2 Å². The van der Waals surface area contributed by atoms with Crippen molar-refractivity contribution in [1.82, 2.24) is 0 Å². The zero-order valence-corrected chi connectivity index (χ0v) is 28.5. The number of carbonyl (C=O) groups is 2. The van der Waals surface area contributed by atoms with Crippen LogP contribution in [-0.4, -0.2) is 70.0 Å². The number of carbonyl (C=O) groups excluding carboxylic acids is 2. The summed E-state index contributed by atoms with van der Waals surface area (Å²) in [6.45, 7) is 3.97. The highest BCUT2D eigenvalue weighted by Crippen LogP contribution is 2.36. The van der Waals surface area contributed by atoms with Crippen LogP contribution in [0.15, 0.2) is 24.3 Å². The molecule has 0 radical (unpaired) electrons. The molecule has 0 aromatic heterocycles. The summed E-state index contributed by atoms with van der Waals surface area (Å²) < 4.78 is 10.2. The second-order valence-corrected chi connectivity index (χ2v) is 13.0. The molecule has 8 heteroatoms. The first kappa shape index (κ1) is 41.3. The van der Waals surface area contributed by atoms with Crippen LogP contribution in [0.1, 0.15) is 149 Å². The Labute approximate surface area is 273 Å². The van der Waals surface area contributed by atoms with Gasteiger partial charge in [0, 0.05) is 25.2 Å². The summed E-state index contributed by atoms with van der Waals surface area (Å²) in [7, 11) is 0. The lowest BCUT2D eigenvalue weighted by Gasteiger charge is -2.19. The zero-order chi connectivity index (χ0) is 33.1. The number of ether oxygens (including phenoxy) is 2. The van der Waals surface area contributed by atoms with Crippen molar-refractivity contribution in [2.75, 3.05) is 13.2 Å². The average Bonchev–Trinajstić information content (AvgIpc) is 3.29. The van der Waals surface area contributed by atoms with E-state index >= 15 is 0 Å². The van der Waals surface area contributed by atoms with Gasteiger partial charge < -0.3 is 29.9 Å². The molecule has 8 nitrogen and oxygen atoms in total. The molecular weight excluding hydrogens is 572 g/mol. The van der Waals surface area contributed by atoms with Gasteiger partial charge in [0.25, 0.3) is 0 Å². The molecule has 1 saturated carbocycles. The zero-order valence-electron chi connectivity index (χ0n) is 28.5. The summed E-state index contributed by atoms with van der Waals surface area (Å²) in [5, 5.41) is 41.0. The third-order valence-corrected chi connectivity index (χ3v) is 8.76. The van der Waals surface area contributed by atoms with Gasteiger partial charge in [-0.25, -0.2) is 0 Å². The van der Waals surface area contributed by atoms with E-state index in [2.05, 4.69) is 13.8 Å². The average molecular weight is 639 g/mol. The van der Waals surface area contributed by atoms with Crippen LogP contribution in [0.5, 0.6) is 0 Å². The van der Waals surface area contributed by atoms with Crippen molar-refractivity contribution in [3.05, 3.63) is 24.3 Å². The van der Waals surface area contributed by atoms with Gasteiger partial charge in [-0.2, -0.15) is 0 Å². The number of hydrogen-bond donors (Lipinski definition) is 4. The molecule has 45 heavy (non-hydrogen) atoms. The summed E-state index contributed by atoms with van der Waals surface area (Å²) in [5.74, 6) is -1.05. The Morgan fingerprint density at radius 1 is 0.711 bits per heavy atom. The Bertz CT molecular complexity index is 797. The second-order valence-electron chi connectivity index (χ2n) is 13.0. The van der Waals surface area contributed by atoms with Crippen LogP contribution in [0, 0.1) is 11.8 Å². The van der Waals surface area contributed by atoms with Crippen LogP contribution in [-0.2, 0) is 19.1 Å². The van der Waals surface area contributed by atoms with E-state index in [1.54, 1.807) is 6.08 Å². The molecule has 1 aliphatic carbocycles. The Kier molecular flexibility index (Phi) is 25.1. The topological polar surface area (TPSA) is 134 Å². The van der Waals surface area contributed by atoms with Gasteiger partial charge >= 0.3 is 11.9 Å². The van der Waals surface area contributed by atoms with E-state index in [0.29, 0.717) is 38.5 Å². The number of esters is 2. The van der Waals surface area contributed by atoms with Gasteiger partial charge in [-0.05, 0) is 38.0 Å². The Morgan fingerprint density at radius 3 is 1.84 bits per heavy atom. The molecular formula is C37H66O8. The van der Waals surface area contributed by atoms with E-state index in [1.165, 1.54) is 51.4 Å². The summed E-state index contributed by atoms with van der Waals surface area (Å²) in [6.07, 6.45) is 24.7. The summed E-state index contributed by atoms with van der Waals surface area (Å²) in [6, 6.07) is 0. The van der Waals surface area contributed by atoms with Gasteiger partial charge in [0.2, 0.25) is 0 Å². The fourth-order valence-electron chi connectivity index (χ4n) is 5.90. The summed E-state index contributed by atoms with van der Waals surface area (Å²) in [4.78, 5) is 24.0. The Morgan fingerprint density at radius 2 is 1.24 bits per heavy atom. The van der Waals surface area contributed by atoms with Gasteiger partial charge in [0.1, 0.15) is 19.3 Å². The Hall–Kier alpha value is -1.74. The maximum atomic E-state index is 12.0. The van der Waals surface area contributed by atoms with Crippen molar-refractivity contribution in [3.8, 4) is 0 Å². The lowest BCUT2D eigenvalue weighted by atomic mass is 9.89. The molecule has 1 rings (SSSR count). The van der Waals surface area contributed by atoms with Gasteiger partial charge in [0.05, 0.1) is 18.3 Å². The number of hydrogen-bond acceptors (Lipinski definition) is 8. The van der Waals surface area contributed by atoms with Gasteiger partial charge in [-0.1, -0.05) is 122 Å². The number of allylic oxidation sites excluding steroid dienone is 2.